The highest BCUT2D eigenvalue weighted by atomic mass is 19.1. The van der Waals surface area contributed by atoms with E-state index in [9.17, 15) is 14.0 Å². The molecule has 1 aliphatic rings. The molecule has 8 heteroatoms. The Kier molecular flexibility index (Phi) is 5.14. The Hall–Kier alpha value is -3.31. The van der Waals surface area contributed by atoms with Crippen LogP contribution in [0.15, 0.2) is 36.5 Å². The van der Waals surface area contributed by atoms with Gasteiger partial charge in [0.1, 0.15) is 17.6 Å². The molecule has 1 saturated heterocycles. The minimum absolute atomic E-state index is 0.115. The molecule has 1 atom stereocenters. The Balaban J connectivity index is 1.85. The second kappa shape index (κ2) is 7.51. The van der Waals surface area contributed by atoms with Gasteiger partial charge in [-0.15, -0.1) is 0 Å². The summed E-state index contributed by atoms with van der Waals surface area (Å²) in [6.07, 6.45) is 1.50. The number of halogens is 1. The number of hydrogen-bond acceptors (Lipinski definition) is 5. The number of benzene rings is 1. The second-order valence-electron chi connectivity index (χ2n) is 6.38. The van der Waals surface area contributed by atoms with Crippen molar-refractivity contribution in [2.75, 3.05) is 18.5 Å². The minimum Gasteiger partial charge on any atom is -0.378 e. The number of rotatable bonds is 3. The summed E-state index contributed by atoms with van der Waals surface area (Å²) in [6, 6.07) is 8.94. The van der Waals surface area contributed by atoms with Gasteiger partial charge in [0.15, 0.2) is 0 Å². The molecule has 27 heavy (non-hydrogen) atoms. The van der Waals surface area contributed by atoms with Crippen LogP contribution >= 0.6 is 0 Å². The van der Waals surface area contributed by atoms with E-state index in [2.05, 4.69) is 15.6 Å². The summed E-state index contributed by atoms with van der Waals surface area (Å²) in [5, 5.41) is 14.2. The topological polar surface area (TPSA) is 104 Å². The van der Waals surface area contributed by atoms with Crippen LogP contribution in [0.2, 0.25) is 0 Å². The summed E-state index contributed by atoms with van der Waals surface area (Å²) in [5.74, 6) is -1.24. The van der Waals surface area contributed by atoms with Gasteiger partial charge >= 0.3 is 0 Å². The molecule has 0 spiro atoms. The van der Waals surface area contributed by atoms with Gasteiger partial charge in [-0.05, 0) is 37.3 Å². The van der Waals surface area contributed by atoms with E-state index < -0.39 is 17.3 Å². The van der Waals surface area contributed by atoms with Crippen LogP contribution < -0.4 is 10.6 Å². The van der Waals surface area contributed by atoms with Crippen molar-refractivity contribution in [1.82, 2.24) is 10.3 Å². The third kappa shape index (κ3) is 4.10. The Morgan fingerprint density at radius 2 is 2.22 bits per heavy atom. The quantitative estimate of drug-likeness (QED) is 0.863. The van der Waals surface area contributed by atoms with E-state index in [4.69, 9.17) is 10.00 Å². The van der Waals surface area contributed by atoms with E-state index in [0.29, 0.717) is 11.3 Å². The van der Waals surface area contributed by atoms with Crippen molar-refractivity contribution < 1.29 is 18.7 Å². The lowest BCUT2D eigenvalue weighted by Gasteiger charge is -2.29. The molecule has 3 rings (SSSR count). The van der Waals surface area contributed by atoms with Crippen LogP contribution in [0, 0.1) is 17.1 Å². The van der Waals surface area contributed by atoms with Crippen LogP contribution in [-0.2, 0) is 15.1 Å². The normalized spacial score (nSPS) is 19.5. The summed E-state index contributed by atoms with van der Waals surface area (Å²) < 4.78 is 19.9. The van der Waals surface area contributed by atoms with Crippen molar-refractivity contribution in [3.8, 4) is 6.07 Å². The van der Waals surface area contributed by atoms with Crippen LogP contribution in [0.25, 0.3) is 0 Å². The van der Waals surface area contributed by atoms with Crippen molar-refractivity contribution in [2.45, 2.75) is 18.9 Å². The van der Waals surface area contributed by atoms with Crippen LogP contribution in [0.4, 0.5) is 10.1 Å². The summed E-state index contributed by atoms with van der Waals surface area (Å²) >= 11 is 0. The number of pyridine rings is 1. The fraction of sp³-hybridized carbons (Fsp3) is 0.263. The average Bonchev–Trinajstić information content (AvgIpc) is 2.84. The zero-order valence-electron chi connectivity index (χ0n) is 14.6. The molecule has 0 saturated carbocycles. The Morgan fingerprint density at radius 1 is 1.41 bits per heavy atom. The number of nitrogens with one attached hydrogen (secondary N) is 2. The highest BCUT2D eigenvalue weighted by molar-refractivity contribution is 6.02. The molecular formula is C19H17FN4O3. The first-order chi connectivity index (χ1) is 12.9. The number of hydrogen-bond donors (Lipinski definition) is 2. The maximum Gasteiger partial charge on any atom is 0.274 e. The number of aromatic nitrogens is 1. The van der Waals surface area contributed by atoms with Gasteiger partial charge < -0.3 is 15.4 Å². The van der Waals surface area contributed by atoms with E-state index in [1.807, 2.05) is 6.07 Å². The molecule has 138 valence electrons. The van der Waals surface area contributed by atoms with Crippen molar-refractivity contribution in [1.29, 1.82) is 5.26 Å². The zero-order valence-corrected chi connectivity index (χ0v) is 14.6. The molecule has 1 unspecified atom stereocenters. The third-order valence-corrected chi connectivity index (χ3v) is 4.22. The van der Waals surface area contributed by atoms with Crippen LogP contribution in [0.3, 0.4) is 0 Å². The van der Waals surface area contributed by atoms with Crippen LogP contribution in [0.1, 0.15) is 35.0 Å². The molecule has 1 fully saturated rings. The first-order valence-corrected chi connectivity index (χ1v) is 8.27. The van der Waals surface area contributed by atoms with Crippen molar-refractivity contribution in [3.63, 3.8) is 0 Å². The van der Waals surface area contributed by atoms with Crippen molar-refractivity contribution >= 4 is 17.5 Å². The molecule has 2 amide bonds. The van der Waals surface area contributed by atoms with Gasteiger partial charge in [-0.3, -0.25) is 9.59 Å². The number of nitriles is 1. The number of anilines is 1. The fourth-order valence-electron chi connectivity index (χ4n) is 2.81. The Labute approximate surface area is 155 Å². The molecule has 2 heterocycles. The molecule has 1 aliphatic heterocycles. The predicted molar refractivity (Wildman–Crippen MR) is 94.2 cm³/mol. The summed E-state index contributed by atoms with van der Waals surface area (Å²) in [5.41, 5.74) is -0.0269. The van der Waals surface area contributed by atoms with Crippen molar-refractivity contribution in [2.24, 2.45) is 0 Å². The molecular weight excluding hydrogens is 351 g/mol. The highest BCUT2D eigenvalue weighted by Gasteiger charge is 2.34. The maximum atomic E-state index is 14.4. The lowest BCUT2D eigenvalue weighted by Crippen LogP contribution is -2.45. The SMILES string of the molecule is CC1(c2cc(NC(=O)c3ccc(C#N)cn3)ccc2F)COCCC(=O)N1. The smallest absolute Gasteiger partial charge is 0.274 e. The van der Waals surface area contributed by atoms with Gasteiger partial charge in [-0.1, -0.05) is 0 Å². The average molecular weight is 368 g/mol. The zero-order chi connectivity index (χ0) is 19.4. The number of nitrogens with zero attached hydrogens (tertiary/aromatic N) is 2. The fourth-order valence-corrected chi connectivity index (χ4v) is 2.81. The summed E-state index contributed by atoms with van der Waals surface area (Å²) in [6.45, 7) is 2.05. The molecule has 0 aliphatic carbocycles. The number of carbonyl (C=O) groups is 2. The lowest BCUT2D eigenvalue weighted by atomic mass is 9.91. The van der Waals surface area contributed by atoms with Crippen LogP contribution in [0.5, 0.6) is 0 Å². The molecule has 0 radical (unpaired) electrons. The largest absolute Gasteiger partial charge is 0.378 e. The van der Waals surface area contributed by atoms with E-state index >= 15 is 0 Å². The summed E-state index contributed by atoms with van der Waals surface area (Å²) in [7, 11) is 0. The van der Waals surface area contributed by atoms with Crippen molar-refractivity contribution in [3.05, 3.63) is 59.2 Å². The van der Waals surface area contributed by atoms with Crippen LogP contribution in [-0.4, -0.2) is 30.0 Å². The standard InChI is InChI=1S/C19H17FN4O3/c1-19(11-27-7-6-17(25)24-19)14-8-13(3-4-15(14)20)23-18(26)16-5-2-12(9-21)10-22-16/h2-5,8,10H,6-7,11H2,1H3,(H,23,26)(H,24,25). The van der Waals surface area contributed by atoms with Gasteiger partial charge in [-0.25, -0.2) is 9.37 Å². The summed E-state index contributed by atoms with van der Waals surface area (Å²) in [4.78, 5) is 28.1. The maximum absolute atomic E-state index is 14.4. The van der Waals surface area contributed by atoms with E-state index in [1.54, 1.807) is 6.92 Å². The van der Waals surface area contributed by atoms with Gasteiger partial charge in [0, 0.05) is 23.9 Å². The highest BCUT2D eigenvalue weighted by Crippen LogP contribution is 2.28. The minimum atomic E-state index is -1.05. The first-order valence-electron chi connectivity index (χ1n) is 8.27. The molecule has 0 bridgehead atoms. The first kappa shape index (κ1) is 18.5. The molecule has 2 N–H and O–H groups in total. The number of ether oxygens (including phenoxy) is 1. The monoisotopic (exact) mass is 368 g/mol. The van der Waals surface area contributed by atoms with Gasteiger partial charge in [0.2, 0.25) is 5.91 Å². The molecule has 1 aromatic carbocycles. The van der Waals surface area contributed by atoms with Gasteiger partial charge in [-0.2, -0.15) is 5.26 Å². The molecule has 1 aromatic heterocycles. The molecule has 7 nitrogen and oxygen atoms in total. The predicted octanol–water partition coefficient (Wildman–Crippen LogP) is 2.10. The second-order valence-corrected chi connectivity index (χ2v) is 6.38. The Bertz CT molecular complexity index is 924. The van der Waals surface area contributed by atoms with Gasteiger partial charge in [0.25, 0.3) is 5.91 Å². The Morgan fingerprint density at radius 3 is 2.93 bits per heavy atom. The molecule has 2 aromatic rings. The number of carbonyl (C=O) groups excluding carboxylic acids is 2. The van der Waals surface area contributed by atoms with E-state index in [1.165, 1.54) is 36.5 Å². The van der Waals surface area contributed by atoms with E-state index in [0.717, 1.165) is 0 Å². The van der Waals surface area contributed by atoms with Gasteiger partial charge in [0.05, 0.1) is 24.3 Å². The third-order valence-electron chi connectivity index (χ3n) is 4.22. The lowest BCUT2D eigenvalue weighted by molar-refractivity contribution is -0.122. The van der Waals surface area contributed by atoms with E-state index in [-0.39, 0.29) is 36.8 Å². The number of amides is 2.